The lowest BCUT2D eigenvalue weighted by Crippen LogP contribution is -2.44. The van der Waals surface area contributed by atoms with Crippen LogP contribution >= 0.6 is 11.6 Å². The van der Waals surface area contributed by atoms with E-state index in [-0.39, 0.29) is 18.4 Å². The average molecular weight is 535 g/mol. The van der Waals surface area contributed by atoms with Crippen molar-refractivity contribution in [3.05, 3.63) is 88.9 Å². The molecule has 0 radical (unpaired) electrons. The number of likely N-dealkylation sites (tertiary alicyclic amines) is 1. The van der Waals surface area contributed by atoms with E-state index in [1.807, 2.05) is 30.3 Å². The molecule has 3 aromatic rings. The number of benzene rings is 3. The van der Waals surface area contributed by atoms with E-state index >= 15 is 0 Å². The van der Waals surface area contributed by atoms with Gasteiger partial charge in [0.05, 0.1) is 18.2 Å². The Hall–Kier alpha value is -4.24. The lowest BCUT2D eigenvalue weighted by Gasteiger charge is -2.35. The highest BCUT2D eigenvalue weighted by molar-refractivity contribution is 6.30. The van der Waals surface area contributed by atoms with Crippen LogP contribution in [0.4, 0.5) is 26.7 Å². The van der Waals surface area contributed by atoms with Crippen molar-refractivity contribution in [3.63, 3.8) is 0 Å². The fraction of sp³-hybridized carbons (Fsp3) is 0.250. The number of carboxylic acid groups (broad SMARTS) is 1. The zero-order valence-corrected chi connectivity index (χ0v) is 21.2. The molecule has 0 saturated carbocycles. The number of rotatable bonds is 7. The van der Waals surface area contributed by atoms with Crippen molar-refractivity contribution in [2.45, 2.75) is 18.4 Å². The Bertz CT molecular complexity index is 1350. The first-order valence-electron chi connectivity index (χ1n) is 12.3. The van der Waals surface area contributed by atoms with Gasteiger partial charge in [0.25, 0.3) is 0 Å². The van der Waals surface area contributed by atoms with E-state index in [9.17, 15) is 14.4 Å². The molecule has 2 aliphatic heterocycles. The Kier molecular flexibility index (Phi) is 7.11. The molecule has 1 fully saturated rings. The first-order valence-corrected chi connectivity index (χ1v) is 12.7. The number of anilines is 3. The van der Waals surface area contributed by atoms with Gasteiger partial charge in [0.15, 0.2) is 5.60 Å². The largest absolute Gasteiger partial charge is 0.465 e. The summed E-state index contributed by atoms with van der Waals surface area (Å²) in [4.78, 5) is 38.8. The van der Waals surface area contributed by atoms with E-state index in [4.69, 9.17) is 21.4 Å². The third-order valence-corrected chi connectivity index (χ3v) is 7.14. The highest BCUT2D eigenvalue weighted by atomic mass is 35.5. The number of carbonyl (C=O) groups excluding carboxylic acids is 2. The molecule has 1 unspecified atom stereocenters. The summed E-state index contributed by atoms with van der Waals surface area (Å²) in [5.41, 5.74) is 2.72. The van der Waals surface area contributed by atoms with Crippen molar-refractivity contribution in [3.8, 4) is 0 Å². The predicted octanol–water partition coefficient (Wildman–Crippen LogP) is 5.39. The van der Waals surface area contributed by atoms with Gasteiger partial charge in [0.1, 0.15) is 0 Å². The van der Waals surface area contributed by atoms with Crippen LogP contribution < -0.4 is 16.0 Å². The number of nitrogens with zero attached hydrogens (tertiary/aromatic N) is 1. The smallest absolute Gasteiger partial charge is 0.412 e. The molecular formula is C28H27ClN4O5. The first kappa shape index (κ1) is 25.4. The Balaban J connectivity index is 1.34. The molecule has 2 heterocycles. The SMILES string of the molecule is O=C(O)Nc1ccc(NC[C@H](Cc2ccccc2)C(=O)N2CCC3(C2)OC(=O)Nc2ccc(Cl)cc23)cc1. The number of nitrogens with one attached hydrogen (secondary N) is 3. The van der Waals surface area contributed by atoms with Crippen LogP contribution in [0.15, 0.2) is 72.8 Å². The van der Waals surface area contributed by atoms with Crippen molar-refractivity contribution in [1.82, 2.24) is 4.90 Å². The molecule has 9 nitrogen and oxygen atoms in total. The molecule has 0 bridgehead atoms. The van der Waals surface area contributed by atoms with Gasteiger partial charge >= 0.3 is 12.2 Å². The molecule has 5 rings (SSSR count). The Morgan fingerprint density at radius 2 is 1.82 bits per heavy atom. The van der Waals surface area contributed by atoms with Gasteiger partial charge in [-0.1, -0.05) is 41.9 Å². The van der Waals surface area contributed by atoms with Gasteiger partial charge in [-0.25, -0.2) is 9.59 Å². The third kappa shape index (κ3) is 5.52. The monoisotopic (exact) mass is 534 g/mol. The van der Waals surface area contributed by atoms with Gasteiger partial charge in [-0.3, -0.25) is 15.4 Å². The van der Waals surface area contributed by atoms with Gasteiger partial charge in [0, 0.05) is 41.5 Å². The Morgan fingerprint density at radius 1 is 1.08 bits per heavy atom. The molecule has 2 atom stereocenters. The maximum Gasteiger partial charge on any atom is 0.412 e. The maximum absolute atomic E-state index is 13.9. The minimum Gasteiger partial charge on any atom is -0.465 e. The van der Waals surface area contributed by atoms with Crippen LogP contribution in [0.3, 0.4) is 0 Å². The summed E-state index contributed by atoms with van der Waals surface area (Å²) < 4.78 is 5.80. The van der Waals surface area contributed by atoms with Crippen molar-refractivity contribution >= 4 is 46.8 Å². The number of amides is 3. The zero-order chi connectivity index (χ0) is 26.7. The van der Waals surface area contributed by atoms with E-state index in [1.54, 1.807) is 47.4 Å². The average Bonchev–Trinajstić information content (AvgIpc) is 3.32. The summed E-state index contributed by atoms with van der Waals surface area (Å²) in [5, 5.41) is 17.8. The molecule has 1 spiro atoms. The topological polar surface area (TPSA) is 120 Å². The van der Waals surface area contributed by atoms with Gasteiger partial charge in [0.2, 0.25) is 5.91 Å². The summed E-state index contributed by atoms with van der Waals surface area (Å²) in [6, 6.07) is 21.9. The molecule has 1 saturated heterocycles. The minimum absolute atomic E-state index is 0.0412. The van der Waals surface area contributed by atoms with Crippen molar-refractivity contribution in [1.29, 1.82) is 0 Å². The van der Waals surface area contributed by atoms with E-state index in [0.29, 0.717) is 42.3 Å². The molecule has 38 heavy (non-hydrogen) atoms. The molecule has 2 aliphatic rings. The van der Waals surface area contributed by atoms with Gasteiger partial charge in [-0.2, -0.15) is 0 Å². The lowest BCUT2D eigenvalue weighted by molar-refractivity contribution is -0.135. The molecule has 3 aromatic carbocycles. The summed E-state index contributed by atoms with van der Waals surface area (Å²) in [7, 11) is 0. The van der Waals surface area contributed by atoms with Crippen molar-refractivity contribution in [2.24, 2.45) is 5.92 Å². The molecule has 196 valence electrons. The number of carbonyl (C=O) groups is 3. The number of hydrogen-bond donors (Lipinski definition) is 4. The lowest BCUT2D eigenvalue weighted by atomic mass is 9.90. The fourth-order valence-corrected chi connectivity index (χ4v) is 5.26. The fourth-order valence-electron chi connectivity index (χ4n) is 5.08. The van der Waals surface area contributed by atoms with Crippen LogP contribution in [0.2, 0.25) is 5.02 Å². The van der Waals surface area contributed by atoms with Gasteiger partial charge in [-0.05, 0) is 54.4 Å². The molecule has 0 aliphatic carbocycles. The normalized spacial score (nSPS) is 18.8. The van der Waals surface area contributed by atoms with Crippen LogP contribution in [0.1, 0.15) is 17.5 Å². The predicted molar refractivity (Wildman–Crippen MR) is 145 cm³/mol. The van der Waals surface area contributed by atoms with Crippen LogP contribution in [-0.4, -0.2) is 47.7 Å². The molecule has 4 N–H and O–H groups in total. The highest BCUT2D eigenvalue weighted by Gasteiger charge is 2.49. The van der Waals surface area contributed by atoms with Crippen molar-refractivity contribution < 1.29 is 24.2 Å². The summed E-state index contributed by atoms with van der Waals surface area (Å²) >= 11 is 6.26. The summed E-state index contributed by atoms with van der Waals surface area (Å²) in [6.07, 6.45) is -0.675. The van der Waals surface area contributed by atoms with E-state index in [1.165, 1.54) is 0 Å². The second-order valence-corrected chi connectivity index (χ2v) is 9.92. The Labute approximate surface area is 224 Å². The summed E-state index contributed by atoms with van der Waals surface area (Å²) in [6.45, 7) is 1.05. The van der Waals surface area contributed by atoms with Crippen LogP contribution in [-0.2, 0) is 21.6 Å². The highest BCUT2D eigenvalue weighted by Crippen LogP contribution is 2.44. The Morgan fingerprint density at radius 3 is 2.55 bits per heavy atom. The van der Waals surface area contributed by atoms with E-state index in [0.717, 1.165) is 16.8 Å². The quantitative estimate of drug-likeness (QED) is 0.322. The van der Waals surface area contributed by atoms with Crippen LogP contribution in [0.5, 0.6) is 0 Å². The van der Waals surface area contributed by atoms with Gasteiger partial charge < -0.3 is 20.1 Å². The zero-order valence-electron chi connectivity index (χ0n) is 20.4. The van der Waals surface area contributed by atoms with E-state index < -0.39 is 17.8 Å². The molecule has 0 aromatic heterocycles. The molecular weight excluding hydrogens is 508 g/mol. The number of ether oxygens (including phenoxy) is 1. The minimum atomic E-state index is -1.13. The second-order valence-electron chi connectivity index (χ2n) is 9.48. The van der Waals surface area contributed by atoms with Crippen LogP contribution in [0.25, 0.3) is 0 Å². The second kappa shape index (κ2) is 10.6. The summed E-state index contributed by atoms with van der Waals surface area (Å²) in [5.74, 6) is -0.429. The number of halogens is 1. The molecule has 3 amide bonds. The number of fused-ring (bicyclic) bond motifs is 2. The molecule has 10 heteroatoms. The number of hydrogen-bond acceptors (Lipinski definition) is 5. The third-order valence-electron chi connectivity index (χ3n) is 6.90. The van der Waals surface area contributed by atoms with Crippen LogP contribution in [0, 0.1) is 5.92 Å². The van der Waals surface area contributed by atoms with Crippen molar-refractivity contribution in [2.75, 3.05) is 35.6 Å². The maximum atomic E-state index is 13.9. The van der Waals surface area contributed by atoms with E-state index in [2.05, 4.69) is 16.0 Å². The van der Waals surface area contributed by atoms with Gasteiger partial charge in [-0.15, -0.1) is 0 Å². The standard InChI is InChI=1S/C28H27ClN4O5/c29-20-6-11-24-23(15-20)28(38-27(37)32-24)12-13-33(17-28)25(34)19(14-18-4-2-1-3-5-18)16-30-21-7-9-22(10-8-21)31-26(35)36/h1-11,15,19,30-31H,12-14,16-17H2,(H,32,37)(H,35,36)/t19-,28?/m0/s1. The first-order chi connectivity index (χ1) is 18.3.